The standard InChI is InChI=1S/C23H20FN5O2/c1-15-26-21(28-31-15)13-16-3-10-20(11-4-16)27-22(30)12-7-18-14-25-29(2)23(18)17-5-8-19(24)9-6-17/h3-12,14H,13H2,1-2H3,(H,27,30)/b12-7+. The Bertz CT molecular complexity index is 1220. The van der Waals surface area contributed by atoms with Crippen LogP contribution in [0.4, 0.5) is 10.1 Å². The summed E-state index contributed by atoms with van der Waals surface area (Å²) in [4.78, 5) is 16.5. The fourth-order valence-electron chi connectivity index (χ4n) is 3.19. The average Bonchev–Trinajstić information content (AvgIpc) is 3.33. The number of aromatic nitrogens is 4. The van der Waals surface area contributed by atoms with Gasteiger partial charge in [0.25, 0.3) is 0 Å². The van der Waals surface area contributed by atoms with Crippen LogP contribution in [0.1, 0.15) is 22.8 Å². The van der Waals surface area contributed by atoms with E-state index >= 15 is 0 Å². The minimum atomic E-state index is -0.305. The molecule has 1 amide bonds. The van der Waals surface area contributed by atoms with Gasteiger partial charge < -0.3 is 9.84 Å². The first kappa shape index (κ1) is 20.2. The summed E-state index contributed by atoms with van der Waals surface area (Å²) in [5.74, 6) is 0.573. The number of aryl methyl sites for hydroxylation is 2. The van der Waals surface area contributed by atoms with Crippen LogP contribution >= 0.6 is 0 Å². The molecule has 2 aromatic carbocycles. The van der Waals surface area contributed by atoms with E-state index in [4.69, 9.17) is 4.52 Å². The fourth-order valence-corrected chi connectivity index (χ4v) is 3.19. The van der Waals surface area contributed by atoms with Gasteiger partial charge >= 0.3 is 0 Å². The first-order valence-electron chi connectivity index (χ1n) is 9.63. The zero-order chi connectivity index (χ0) is 21.8. The number of carbonyl (C=O) groups is 1. The van der Waals surface area contributed by atoms with E-state index < -0.39 is 0 Å². The normalized spacial score (nSPS) is 11.2. The SMILES string of the molecule is Cc1nc(Cc2ccc(NC(=O)/C=C/c3cnn(C)c3-c3ccc(F)cc3)cc2)no1. The number of amides is 1. The fraction of sp³-hybridized carbons (Fsp3) is 0.130. The summed E-state index contributed by atoms with van der Waals surface area (Å²) in [7, 11) is 1.80. The number of halogens is 1. The van der Waals surface area contributed by atoms with Gasteiger partial charge in [0.2, 0.25) is 11.8 Å². The summed E-state index contributed by atoms with van der Waals surface area (Å²) in [5.41, 5.74) is 4.05. The predicted octanol–water partition coefficient (Wildman–Crippen LogP) is 4.16. The van der Waals surface area contributed by atoms with Crippen molar-refractivity contribution in [1.29, 1.82) is 0 Å². The molecule has 0 fully saturated rings. The number of anilines is 1. The highest BCUT2D eigenvalue weighted by Crippen LogP contribution is 2.24. The molecule has 0 unspecified atom stereocenters. The van der Waals surface area contributed by atoms with Crippen LogP contribution in [0.3, 0.4) is 0 Å². The molecular weight excluding hydrogens is 397 g/mol. The second kappa shape index (κ2) is 8.74. The quantitative estimate of drug-likeness (QED) is 0.476. The zero-order valence-electron chi connectivity index (χ0n) is 17.0. The highest BCUT2D eigenvalue weighted by molar-refractivity contribution is 6.02. The van der Waals surface area contributed by atoms with Crippen molar-refractivity contribution in [2.45, 2.75) is 13.3 Å². The second-order valence-electron chi connectivity index (χ2n) is 7.00. The number of nitrogens with zero attached hydrogens (tertiary/aromatic N) is 4. The van der Waals surface area contributed by atoms with Crippen LogP contribution in [0.5, 0.6) is 0 Å². The smallest absolute Gasteiger partial charge is 0.248 e. The second-order valence-corrected chi connectivity index (χ2v) is 7.00. The average molecular weight is 417 g/mol. The van der Waals surface area contributed by atoms with Crippen LogP contribution < -0.4 is 5.32 Å². The zero-order valence-corrected chi connectivity index (χ0v) is 17.0. The van der Waals surface area contributed by atoms with Crippen LogP contribution in [-0.4, -0.2) is 25.8 Å². The van der Waals surface area contributed by atoms with Gasteiger partial charge in [-0.1, -0.05) is 17.3 Å². The monoisotopic (exact) mass is 417 g/mol. The first-order valence-corrected chi connectivity index (χ1v) is 9.63. The van der Waals surface area contributed by atoms with E-state index in [9.17, 15) is 9.18 Å². The van der Waals surface area contributed by atoms with E-state index in [1.807, 2.05) is 24.3 Å². The molecule has 0 aliphatic heterocycles. The third-order valence-corrected chi connectivity index (χ3v) is 4.65. The van der Waals surface area contributed by atoms with Gasteiger partial charge in [-0.25, -0.2) is 4.39 Å². The lowest BCUT2D eigenvalue weighted by Crippen LogP contribution is -2.07. The Morgan fingerprint density at radius 3 is 2.58 bits per heavy atom. The number of carbonyl (C=O) groups excluding carboxylic acids is 1. The van der Waals surface area contributed by atoms with Crippen LogP contribution in [-0.2, 0) is 18.3 Å². The summed E-state index contributed by atoms with van der Waals surface area (Å²) in [6.07, 6.45) is 5.35. The lowest BCUT2D eigenvalue weighted by Gasteiger charge is -2.05. The minimum Gasteiger partial charge on any atom is -0.340 e. The maximum atomic E-state index is 13.2. The Morgan fingerprint density at radius 1 is 1.16 bits per heavy atom. The molecule has 0 saturated heterocycles. The predicted molar refractivity (Wildman–Crippen MR) is 115 cm³/mol. The van der Waals surface area contributed by atoms with Crippen LogP contribution in [0.2, 0.25) is 0 Å². The number of benzene rings is 2. The van der Waals surface area contributed by atoms with Gasteiger partial charge in [0.15, 0.2) is 5.82 Å². The molecule has 31 heavy (non-hydrogen) atoms. The van der Waals surface area contributed by atoms with E-state index in [2.05, 4.69) is 20.6 Å². The van der Waals surface area contributed by atoms with E-state index in [-0.39, 0.29) is 11.7 Å². The van der Waals surface area contributed by atoms with Crippen molar-refractivity contribution in [2.24, 2.45) is 7.05 Å². The Hall–Kier alpha value is -4.07. The Balaban J connectivity index is 1.41. The summed E-state index contributed by atoms with van der Waals surface area (Å²) in [6.45, 7) is 1.75. The van der Waals surface area contributed by atoms with E-state index in [0.29, 0.717) is 23.8 Å². The Morgan fingerprint density at radius 2 is 1.90 bits per heavy atom. The maximum absolute atomic E-state index is 13.2. The number of rotatable bonds is 6. The van der Waals surface area contributed by atoms with Crippen molar-refractivity contribution < 1.29 is 13.7 Å². The third kappa shape index (κ3) is 4.92. The summed E-state index contributed by atoms with van der Waals surface area (Å²) in [5, 5.41) is 11.0. The molecule has 0 aliphatic rings. The van der Waals surface area contributed by atoms with Crippen LogP contribution in [0.25, 0.3) is 17.3 Å². The van der Waals surface area contributed by atoms with Gasteiger partial charge in [-0.15, -0.1) is 0 Å². The third-order valence-electron chi connectivity index (χ3n) is 4.65. The largest absolute Gasteiger partial charge is 0.340 e. The van der Waals surface area contributed by atoms with Crippen molar-refractivity contribution >= 4 is 17.7 Å². The highest BCUT2D eigenvalue weighted by atomic mass is 19.1. The van der Waals surface area contributed by atoms with E-state index in [1.54, 1.807) is 43.1 Å². The molecule has 0 radical (unpaired) electrons. The minimum absolute atomic E-state index is 0.268. The topological polar surface area (TPSA) is 85.8 Å². The lowest BCUT2D eigenvalue weighted by molar-refractivity contribution is -0.111. The van der Waals surface area contributed by atoms with Gasteiger partial charge in [0, 0.05) is 43.3 Å². The first-order chi connectivity index (χ1) is 15.0. The number of hydrogen-bond acceptors (Lipinski definition) is 5. The molecule has 0 atom stereocenters. The molecule has 1 N–H and O–H groups in total. The molecule has 4 aromatic rings. The molecule has 156 valence electrons. The van der Waals surface area contributed by atoms with Crippen LogP contribution in [0, 0.1) is 12.7 Å². The van der Waals surface area contributed by atoms with Crippen molar-refractivity contribution in [3.8, 4) is 11.3 Å². The summed E-state index contributed by atoms with van der Waals surface area (Å²) < 4.78 is 19.9. The van der Waals surface area contributed by atoms with Gasteiger partial charge in [0.1, 0.15) is 5.82 Å². The Labute approximate surface area is 178 Å². The van der Waals surface area contributed by atoms with Gasteiger partial charge in [-0.05, 0) is 48.0 Å². The summed E-state index contributed by atoms with van der Waals surface area (Å²) in [6, 6.07) is 13.6. The number of hydrogen-bond donors (Lipinski definition) is 1. The molecule has 2 aromatic heterocycles. The number of nitrogens with one attached hydrogen (secondary N) is 1. The molecule has 0 spiro atoms. The summed E-state index contributed by atoms with van der Waals surface area (Å²) >= 11 is 0. The van der Waals surface area contributed by atoms with Gasteiger partial charge in [-0.2, -0.15) is 10.1 Å². The van der Waals surface area contributed by atoms with Crippen molar-refractivity contribution in [2.75, 3.05) is 5.32 Å². The molecule has 2 heterocycles. The molecule has 4 rings (SSSR count). The van der Waals surface area contributed by atoms with E-state index in [0.717, 1.165) is 22.4 Å². The molecule has 0 saturated carbocycles. The maximum Gasteiger partial charge on any atom is 0.248 e. The van der Waals surface area contributed by atoms with Crippen molar-refractivity contribution in [3.63, 3.8) is 0 Å². The van der Waals surface area contributed by atoms with Gasteiger partial charge in [0.05, 0.1) is 11.9 Å². The lowest BCUT2D eigenvalue weighted by atomic mass is 10.1. The highest BCUT2D eigenvalue weighted by Gasteiger charge is 2.10. The van der Waals surface area contributed by atoms with E-state index in [1.165, 1.54) is 18.2 Å². The van der Waals surface area contributed by atoms with Crippen molar-refractivity contribution in [1.82, 2.24) is 19.9 Å². The molecule has 8 heteroatoms. The molecule has 0 aliphatic carbocycles. The molecule has 7 nitrogen and oxygen atoms in total. The van der Waals surface area contributed by atoms with Crippen LogP contribution in [0.15, 0.2) is 65.3 Å². The molecule has 0 bridgehead atoms. The van der Waals surface area contributed by atoms with Crippen molar-refractivity contribution in [3.05, 3.63) is 89.5 Å². The molecular formula is C23H20FN5O2. The van der Waals surface area contributed by atoms with Gasteiger partial charge in [-0.3, -0.25) is 9.48 Å². The Kier molecular flexibility index (Phi) is 5.70.